The number of carbonyl (C=O) groups excluding carboxylic acids is 8. The summed E-state index contributed by atoms with van der Waals surface area (Å²) in [5, 5.41) is 0. The predicted octanol–water partition coefficient (Wildman–Crippen LogP) is 2.96. The van der Waals surface area contributed by atoms with Crippen LogP contribution in [0.15, 0.2) is 0 Å². The second kappa shape index (κ2) is 24.1. The molecule has 0 atom stereocenters. The molecule has 20 heteroatoms. The Morgan fingerprint density at radius 1 is 0.279 bits per heavy atom. The van der Waals surface area contributed by atoms with E-state index in [1.807, 2.05) is 0 Å². The molecule has 0 aliphatic carbocycles. The zero-order valence-electron chi connectivity index (χ0n) is 39.8. The topological polar surface area (TPSA) is 274 Å². The maximum absolute atomic E-state index is 13.3. The molecule has 4 N–H and O–H groups in total. The summed E-state index contributed by atoms with van der Waals surface area (Å²) in [6.45, 7) is 0. The number of aromatic nitrogens is 4. The van der Waals surface area contributed by atoms with Gasteiger partial charge in [0.05, 0.1) is 82.6 Å². The number of aromatic amines is 4. The molecule has 0 amide bonds. The fraction of sp³-hybridized carbons (Fsp3) is 0.500. The largest absolute Gasteiger partial charge is 0.469 e. The number of hydrogen-bond donors (Lipinski definition) is 4. The molecule has 68 heavy (non-hydrogen) atoms. The summed E-state index contributed by atoms with van der Waals surface area (Å²) in [5.74, 6) is -4.22. The molecular weight excluding hydrogens is 889 g/mol. The van der Waals surface area contributed by atoms with Gasteiger partial charge in [-0.05, 0) is 70.2 Å². The number of esters is 8. The minimum Gasteiger partial charge on any atom is -0.469 e. The van der Waals surface area contributed by atoms with Crippen molar-refractivity contribution < 1.29 is 76.3 Å². The predicted molar refractivity (Wildman–Crippen MR) is 239 cm³/mol. The van der Waals surface area contributed by atoms with Crippen molar-refractivity contribution in [2.24, 2.45) is 0 Å². The molecule has 0 fully saturated rings. The zero-order chi connectivity index (χ0) is 49.7. The zero-order valence-corrected chi connectivity index (χ0v) is 39.8. The van der Waals surface area contributed by atoms with Gasteiger partial charge in [0.1, 0.15) is 0 Å². The van der Waals surface area contributed by atoms with Crippen molar-refractivity contribution >= 4 is 47.8 Å². The minimum atomic E-state index is -0.561. The van der Waals surface area contributed by atoms with E-state index < -0.39 is 47.8 Å². The quantitative estimate of drug-likeness (QED) is 0.0645. The average Bonchev–Trinajstić information content (AvgIpc) is 4.04. The molecule has 1 aliphatic heterocycles. The fourth-order valence-corrected chi connectivity index (χ4v) is 8.95. The van der Waals surface area contributed by atoms with E-state index in [0.717, 1.165) is 0 Å². The van der Waals surface area contributed by atoms with Crippen molar-refractivity contribution in [2.45, 2.75) is 103 Å². The lowest BCUT2D eigenvalue weighted by Crippen LogP contribution is -2.12. The molecule has 0 radical (unpaired) electrons. The van der Waals surface area contributed by atoms with Gasteiger partial charge in [-0.1, -0.05) is 0 Å². The first kappa shape index (κ1) is 51.9. The summed E-state index contributed by atoms with van der Waals surface area (Å²) in [6.07, 6.45) is -0.115. The molecule has 0 aromatic carbocycles. The standard InChI is InChI=1S/C48H60N4O16/c1-61-41(53)13-9-25-29(17-45(57)65-5)37-23-38-31(19-47(59)67-7)27(11-15-43(55)63-3)35(51-38)22-36-28(12-16-44(56)64-4)32(20-48(60)68-8)40(52-36)24-39-30(18-46(58)66-6)26(10-14-42(54)62-2)34(50-39)21-33(25)49-37/h49-52H,9-24H2,1-8H3. The third-order valence-electron chi connectivity index (χ3n) is 12.4. The van der Waals surface area contributed by atoms with Gasteiger partial charge in [0.25, 0.3) is 0 Å². The highest BCUT2D eigenvalue weighted by atomic mass is 16.5. The van der Waals surface area contributed by atoms with Crippen LogP contribution in [-0.2, 0) is 153 Å². The second-order valence-electron chi connectivity index (χ2n) is 16.2. The van der Waals surface area contributed by atoms with Gasteiger partial charge < -0.3 is 57.8 Å². The van der Waals surface area contributed by atoms with Crippen LogP contribution in [0.4, 0.5) is 0 Å². The van der Waals surface area contributed by atoms with Crippen LogP contribution in [0.1, 0.15) is 116 Å². The van der Waals surface area contributed by atoms with Crippen LogP contribution >= 0.6 is 0 Å². The van der Waals surface area contributed by atoms with E-state index in [9.17, 15) is 38.4 Å². The number of carbonyl (C=O) groups is 8. The number of ether oxygens (including phenoxy) is 8. The van der Waals surface area contributed by atoms with Gasteiger partial charge in [-0.25, -0.2) is 0 Å². The molecule has 0 unspecified atom stereocenters. The van der Waals surface area contributed by atoms with Gasteiger partial charge in [0.2, 0.25) is 0 Å². The first-order valence-electron chi connectivity index (χ1n) is 22.0. The van der Waals surface area contributed by atoms with Crippen molar-refractivity contribution in [3.8, 4) is 0 Å². The van der Waals surface area contributed by atoms with Crippen molar-refractivity contribution in [1.29, 1.82) is 0 Å². The Morgan fingerprint density at radius 2 is 0.441 bits per heavy atom. The molecule has 0 spiro atoms. The SMILES string of the molecule is COC(=O)CCc1c2[nH]c(c1CC(=O)OC)Cc1[nH]c(c(CCC(=O)OC)c1CC(=O)OC)Cc1[nH]c(c(CC(=O)OC)c1CCC(=O)OC)Cc1[nH]c(c(CCC(=O)OC)c1CC(=O)OC)C2. The Morgan fingerprint density at radius 3 is 0.603 bits per heavy atom. The smallest absolute Gasteiger partial charge is 0.310 e. The summed E-state index contributed by atoms with van der Waals surface area (Å²) in [7, 11) is 10.2. The first-order chi connectivity index (χ1) is 32.6. The summed E-state index contributed by atoms with van der Waals surface area (Å²) < 4.78 is 40.7. The van der Waals surface area contributed by atoms with E-state index >= 15 is 0 Å². The highest BCUT2D eigenvalue weighted by Crippen LogP contribution is 2.35. The molecular formula is C48H60N4O16. The van der Waals surface area contributed by atoms with Gasteiger partial charge in [0, 0.05) is 96.9 Å². The Hall–Kier alpha value is -7.12. The van der Waals surface area contributed by atoms with E-state index in [0.29, 0.717) is 90.1 Å². The lowest BCUT2D eigenvalue weighted by atomic mass is 9.93. The number of nitrogens with one attached hydrogen (secondary N) is 4. The molecule has 0 saturated carbocycles. The summed E-state index contributed by atoms with van der Waals surface area (Å²) in [6, 6.07) is 0. The summed E-state index contributed by atoms with van der Waals surface area (Å²) in [5.41, 5.74) is 9.25. The highest BCUT2D eigenvalue weighted by Gasteiger charge is 2.31. The Balaban J connectivity index is 1.93. The fourth-order valence-electron chi connectivity index (χ4n) is 8.95. The van der Waals surface area contributed by atoms with Gasteiger partial charge in [-0.2, -0.15) is 0 Å². The molecule has 5 rings (SSSR count). The van der Waals surface area contributed by atoms with Crippen molar-refractivity contribution in [3.63, 3.8) is 0 Å². The maximum atomic E-state index is 13.3. The van der Waals surface area contributed by atoms with E-state index in [1.54, 1.807) is 0 Å². The van der Waals surface area contributed by atoms with Crippen LogP contribution in [-0.4, -0.2) is 125 Å². The van der Waals surface area contributed by atoms with Crippen LogP contribution in [0, 0.1) is 0 Å². The summed E-state index contributed by atoms with van der Waals surface area (Å²) in [4.78, 5) is 118. The third kappa shape index (κ3) is 12.6. The van der Waals surface area contributed by atoms with E-state index in [-0.39, 0.29) is 103 Å². The van der Waals surface area contributed by atoms with Crippen LogP contribution in [0.2, 0.25) is 0 Å². The molecule has 0 saturated heterocycles. The lowest BCUT2D eigenvalue weighted by Gasteiger charge is -2.11. The van der Waals surface area contributed by atoms with Crippen LogP contribution in [0.5, 0.6) is 0 Å². The number of hydrogen-bond acceptors (Lipinski definition) is 16. The first-order valence-corrected chi connectivity index (χ1v) is 22.0. The third-order valence-corrected chi connectivity index (χ3v) is 12.4. The Labute approximate surface area is 392 Å². The van der Waals surface area contributed by atoms with E-state index in [2.05, 4.69) is 19.9 Å². The number of methoxy groups -OCH3 is 8. The normalized spacial score (nSPS) is 11.9. The molecule has 368 valence electrons. The monoisotopic (exact) mass is 948 g/mol. The van der Waals surface area contributed by atoms with Gasteiger partial charge in [0.15, 0.2) is 0 Å². The van der Waals surface area contributed by atoms with Gasteiger partial charge in [-0.3, -0.25) is 38.4 Å². The number of fused-ring (bicyclic) bond motifs is 8. The highest BCUT2D eigenvalue weighted by molar-refractivity contribution is 5.78. The molecule has 4 aromatic rings. The number of rotatable bonds is 20. The molecule has 5 heterocycles. The molecule has 8 bridgehead atoms. The molecule has 1 aliphatic rings. The van der Waals surface area contributed by atoms with Crippen molar-refractivity contribution in [2.75, 3.05) is 56.9 Å². The van der Waals surface area contributed by atoms with Gasteiger partial charge >= 0.3 is 47.8 Å². The van der Waals surface area contributed by atoms with E-state index in [4.69, 9.17) is 37.9 Å². The van der Waals surface area contributed by atoms with Crippen LogP contribution in [0.3, 0.4) is 0 Å². The number of H-pyrrole nitrogens is 4. The summed E-state index contributed by atoms with van der Waals surface area (Å²) >= 11 is 0. The Bertz CT molecular complexity index is 2190. The lowest BCUT2D eigenvalue weighted by molar-refractivity contribution is -0.141. The van der Waals surface area contributed by atoms with E-state index in [1.165, 1.54) is 56.9 Å². The average molecular weight is 949 g/mol. The van der Waals surface area contributed by atoms with Gasteiger partial charge in [-0.15, -0.1) is 0 Å². The minimum absolute atomic E-state index is 0.0537. The maximum Gasteiger partial charge on any atom is 0.310 e. The second-order valence-corrected chi connectivity index (χ2v) is 16.2. The van der Waals surface area contributed by atoms with Crippen molar-refractivity contribution in [3.05, 3.63) is 90.1 Å². The van der Waals surface area contributed by atoms with Crippen molar-refractivity contribution in [1.82, 2.24) is 19.9 Å². The molecule has 4 aromatic heterocycles. The van der Waals surface area contributed by atoms with Crippen LogP contribution in [0.25, 0.3) is 0 Å². The Kier molecular flexibility index (Phi) is 18.4. The van der Waals surface area contributed by atoms with Crippen LogP contribution < -0.4 is 0 Å². The molecule has 20 nitrogen and oxygen atoms in total.